The molecule has 0 spiro atoms. The van der Waals surface area contributed by atoms with E-state index >= 15 is 0 Å². The number of halogens is 1. The Labute approximate surface area is 80.0 Å². The van der Waals surface area contributed by atoms with Gasteiger partial charge in [-0.2, -0.15) is 12.6 Å². The van der Waals surface area contributed by atoms with E-state index in [0.717, 1.165) is 19.5 Å². The van der Waals surface area contributed by atoms with E-state index < -0.39 is 0 Å². The van der Waals surface area contributed by atoms with Crippen LogP contribution in [0.4, 0.5) is 4.39 Å². The van der Waals surface area contributed by atoms with Crippen LogP contribution in [0.25, 0.3) is 0 Å². The van der Waals surface area contributed by atoms with Crippen molar-refractivity contribution in [2.45, 2.75) is 19.8 Å². The van der Waals surface area contributed by atoms with Gasteiger partial charge in [-0.05, 0) is 32.2 Å². The number of thiol groups is 1. The molecular weight excluding hydrogens is 173 g/mol. The number of hydrogen-bond acceptors (Lipinski definition) is 2. The minimum Gasteiger partial charge on any atom is -0.377 e. The normalized spacial score (nSPS) is 15.3. The van der Waals surface area contributed by atoms with Crippen LogP contribution >= 0.6 is 12.6 Å². The third-order valence-electron chi connectivity index (χ3n) is 1.78. The van der Waals surface area contributed by atoms with Crippen LogP contribution in [0, 0.1) is 0 Å². The van der Waals surface area contributed by atoms with Crippen LogP contribution in [0.15, 0.2) is 11.8 Å². The van der Waals surface area contributed by atoms with Gasteiger partial charge in [0.15, 0.2) is 0 Å². The van der Waals surface area contributed by atoms with E-state index in [1.807, 2.05) is 0 Å². The van der Waals surface area contributed by atoms with Gasteiger partial charge in [0, 0.05) is 13.1 Å². The molecule has 0 bridgehead atoms. The molecule has 0 aromatic heterocycles. The largest absolute Gasteiger partial charge is 0.377 e. The molecule has 0 N–H and O–H groups in total. The molecule has 1 heterocycles. The van der Waals surface area contributed by atoms with Crippen molar-refractivity contribution in [2.75, 3.05) is 26.0 Å². The van der Waals surface area contributed by atoms with Gasteiger partial charge in [0.2, 0.25) is 0 Å². The Morgan fingerprint density at radius 1 is 1.58 bits per heavy atom. The van der Waals surface area contributed by atoms with Gasteiger partial charge in [-0.25, -0.2) is 0 Å². The average molecular weight is 191 g/mol. The Hall–Kier alpha value is -0.180. The second-order valence-electron chi connectivity index (χ2n) is 2.80. The van der Waals surface area contributed by atoms with Crippen LogP contribution in [0.1, 0.15) is 19.8 Å². The van der Waals surface area contributed by atoms with Crippen LogP contribution in [-0.2, 0) is 0 Å². The average Bonchev–Trinajstić information content (AvgIpc) is 2.51. The summed E-state index contributed by atoms with van der Waals surface area (Å²) in [5, 5.41) is 0. The van der Waals surface area contributed by atoms with E-state index in [9.17, 15) is 4.39 Å². The van der Waals surface area contributed by atoms with Gasteiger partial charge in [-0.1, -0.05) is 5.57 Å². The molecule has 0 saturated carbocycles. The monoisotopic (exact) mass is 191 g/mol. The van der Waals surface area contributed by atoms with E-state index in [1.54, 1.807) is 6.26 Å². The minimum atomic E-state index is -0.191. The molecule has 1 rings (SSSR count). The fourth-order valence-electron chi connectivity index (χ4n) is 1.20. The lowest BCUT2D eigenvalue weighted by molar-refractivity contribution is 0.361. The minimum absolute atomic E-state index is 0.191. The smallest absolute Gasteiger partial charge is 0.0911 e. The van der Waals surface area contributed by atoms with Crippen LogP contribution in [0.3, 0.4) is 0 Å². The van der Waals surface area contributed by atoms with E-state index in [1.165, 1.54) is 5.57 Å². The van der Waals surface area contributed by atoms with Crippen molar-refractivity contribution >= 4 is 12.6 Å². The first-order valence-corrected chi connectivity index (χ1v) is 5.14. The first kappa shape index (κ1) is 11.8. The molecule has 0 aromatic rings. The Morgan fingerprint density at radius 2 is 2.25 bits per heavy atom. The van der Waals surface area contributed by atoms with E-state index in [0.29, 0.717) is 6.42 Å². The lowest BCUT2D eigenvalue weighted by Gasteiger charge is -2.12. The molecular formula is C9H18FNS. The Kier molecular flexibility index (Phi) is 7.36. The van der Waals surface area contributed by atoms with Crippen molar-refractivity contribution in [1.29, 1.82) is 0 Å². The quantitative estimate of drug-likeness (QED) is 0.671. The standard InChI is InChI=1S/C8H14FN.CH4S/c1-8-3-6-10(7-8)5-2-4-9;1-2/h7H,2-6H2,1H3;2H,1H3. The topological polar surface area (TPSA) is 3.24 Å². The Balaban J connectivity index is 0.000000561. The second-order valence-corrected chi connectivity index (χ2v) is 2.80. The van der Waals surface area contributed by atoms with Crippen LogP contribution in [-0.4, -0.2) is 30.9 Å². The van der Waals surface area contributed by atoms with Crippen molar-refractivity contribution in [3.8, 4) is 0 Å². The molecule has 3 heteroatoms. The van der Waals surface area contributed by atoms with Crippen molar-refractivity contribution in [1.82, 2.24) is 4.90 Å². The molecule has 0 aliphatic carbocycles. The van der Waals surface area contributed by atoms with Crippen molar-refractivity contribution in [2.24, 2.45) is 0 Å². The Bertz CT molecular complexity index is 136. The molecule has 0 radical (unpaired) electrons. The molecule has 0 fully saturated rings. The van der Waals surface area contributed by atoms with Crippen LogP contribution < -0.4 is 0 Å². The van der Waals surface area contributed by atoms with Gasteiger partial charge in [-0.3, -0.25) is 4.39 Å². The summed E-state index contributed by atoms with van der Waals surface area (Å²) in [4.78, 5) is 2.19. The SMILES string of the molecule is CC1=CN(CCCF)CC1.CS. The summed E-state index contributed by atoms with van der Waals surface area (Å²) in [6.45, 7) is 3.90. The fraction of sp³-hybridized carbons (Fsp3) is 0.778. The predicted octanol–water partition coefficient (Wildman–Crippen LogP) is 2.50. The summed E-state index contributed by atoms with van der Waals surface area (Å²) in [6.07, 6.45) is 5.66. The molecule has 72 valence electrons. The van der Waals surface area contributed by atoms with Crippen LogP contribution in [0.2, 0.25) is 0 Å². The van der Waals surface area contributed by atoms with Crippen molar-refractivity contribution in [3.05, 3.63) is 11.8 Å². The Morgan fingerprint density at radius 3 is 2.67 bits per heavy atom. The molecule has 0 amide bonds. The van der Waals surface area contributed by atoms with Gasteiger partial charge in [0.05, 0.1) is 6.67 Å². The molecule has 1 nitrogen and oxygen atoms in total. The van der Waals surface area contributed by atoms with E-state index in [4.69, 9.17) is 0 Å². The highest BCUT2D eigenvalue weighted by atomic mass is 32.1. The predicted molar refractivity (Wildman–Crippen MR) is 55.4 cm³/mol. The highest BCUT2D eigenvalue weighted by molar-refractivity contribution is 7.79. The van der Waals surface area contributed by atoms with Gasteiger partial charge in [0.1, 0.15) is 0 Å². The summed E-state index contributed by atoms with van der Waals surface area (Å²) in [5.41, 5.74) is 1.42. The number of hydrogen-bond donors (Lipinski definition) is 1. The number of rotatable bonds is 3. The van der Waals surface area contributed by atoms with Gasteiger partial charge in [-0.15, -0.1) is 0 Å². The number of alkyl halides is 1. The molecule has 0 saturated heterocycles. The third-order valence-corrected chi connectivity index (χ3v) is 1.78. The van der Waals surface area contributed by atoms with Gasteiger partial charge < -0.3 is 4.90 Å². The van der Waals surface area contributed by atoms with Crippen molar-refractivity contribution in [3.63, 3.8) is 0 Å². The summed E-state index contributed by atoms with van der Waals surface area (Å²) >= 11 is 3.53. The van der Waals surface area contributed by atoms with E-state index in [2.05, 4.69) is 30.7 Å². The maximum absolute atomic E-state index is 11.7. The summed E-state index contributed by atoms with van der Waals surface area (Å²) < 4.78 is 11.7. The maximum Gasteiger partial charge on any atom is 0.0911 e. The molecule has 0 aromatic carbocycles. The lowest BCUT2D eigenvalue weighted by atomic mass is 10.3. The lowest BCUT2D eigenvalue weighted by Crippen LogP contribution is -2.15. The highest BCUT2D eigenvalue weighted by Crippen LogP contribution is 2.12. The first-order valence-electron chi connectivity index (χ1n) is 4.25. The van der Waals surface area contributed by atoms with E-state index in [-0.39, 0.29) is 6.67 Å². The third kappa shape index (κ3) is 4.65. The zero-order valence-electron chi connectivity index (χ0n) is 7.89. The fourth-order valence-corrected chi connectivity index (χ4v) is 1.20. The molecule has 0 atom stereocenters. The molecule has 0 unspecified atom stereocenters. The number of nitrogens with zero attached hydrogens (tertiary/aromatic N) is 1. The molecule has 1 aliphatic heterocycles. The zero-order chi connectivity index (χ0) is 9.40. The van der Waals surface area contributed by atoms with Gasteiger partial charge >= 0.3 is 0 Å². The molecule has 12 heavy (non-hydrogen) atoms. The summed E-state index contributed by atoms with van der Waals surface area (Å²) in [5.74, 6) is 0. The highest BCUT2D eigenvalue weighted by Gasteiger charge is 2.06. The second kappa shape index (κ2) is 7.47. The maximum atomic E-state index is 11.7. The zero-order valence-corrected chi connectivity index (χ0v) is 8.78. The molecule has 1 aliphatic rings. The summed E-state index contributed by atoms with van der Waals surface area (Å²) in [6, 6.07) is 0. The van der Waals surface area contributed by atoms with Gasteiger partial charge in [0.25, 0.3) is 0 Å². The summed E-state index contributed by atoms with van der Waals surface area (Å²) in [7, 11) is 0. The first-order chi connectivity index (χ1) is 5.83. The van der Waals surface area contributed by atoms with Crippen molar-refractivity contribution < 1.29 is 4.39 Å². The van der Waals surface area contributed by atoms with Crippen LogP contribution in [0.5, 0.6) is 0 Å².